The maximum atomic E-state index is 13.7. The van der Waals surface area contributed by atoms with Crippen molar-refractivity contribution in [1.82, 2.24) is 0 Å². The van der Waals surface area contributed by atoms with Crippen LogP contribution in [0.25, 0.3) is 0 Å². The van der Waals surface area contributed by atoms with Gasteiger partial charge in [-0.1, -0.05) is 31.2 Å². The van der Waals surface area contributed by atoms with Crippen molar-refractivity contribution in [2.24, 2.45) is 0 Å². The molecule has 0 aliphatic rings. The summed E-state index contributed by atoms with van der Waals surface area (Å²) >= 11 is 5.55. The lowest BCUT2D eigenvalue weighted by atomic mass is 10.1. The Hall–Kier alpha value is -1.61. The number of hydrogen-bond donors (Lipinski definition) is 0. The van der Waals surface area contributed by atoms with E-state index in [-0.39, 0.29) is 18.2 Å². The van der Waals surface area contributed by atoms with Gasteiger partial charge in [0.2, 0.25) is 0 Å². The first-order valence-corrected chi connectivity index (χ1v) is 6.92. The smallest absolute Gasteiger partial charge is 0.191 e. The Balaban J connectivity index is 2.10. The van der Waals surface area contributed by atoms with Crippen LogP contribution < -0.4 is 4.74 Å². The molecule has 0 amide bonds. The number of benzene rings is 2. The summed E-state index contributed by atoms with van der Waals surface area (Å²) in [6, 6.07) is 10.1. The number of hydrogen-bond acceptors (Lipinski definition) is 1. The van der Waals surface area contributed by atoms with Crippen molar-refractivity contribution in [1.29, 1.82) is 0 Å². The highest BCUT2D eigenvalue weighted by Crippen LogP contribution is 2.25. The van der Waals surface area contributed by atoms with Crippen LogP contribution in [-0.4, -0.2) is 0 Å². The van der Waals surface area contributed by atoms with Crippen LogP contribution in [0.2, 0.25) is 0 Å². The average Bonchev–Trinajstić information content (AvgIpc) is 2.46. The topological polar surface area (TPSA) is 9.23 Å². The minimum Gasteiger partial charge on any atom is -0.483 e. The van der Waals surface area contributed by atoms with E-state index in [9.17, 15) is 8.78 Å². The predicted molar refractivity (Wildman–Crippen MR) is 76.1 cm³/mol. The fraction of sp³-hybridized carbons (Fsp3) is 0.250. The van der Waals surface area contributed by atoms with Crippen LogP contribution in [-0.2, 0) is 18.9 Å². The van der Waals surface area contributed by atoms with Gasteiger partial charge in [-0.2, -0.15) is 0 Å². The summed E-state index contributed by atoms with van der Waals surface area (Å²) in [7, 11) is 0. The van der Waals surface area contributed by atoms with Gasteiger partial charge in [-0.15, -0.1) is 11.6 Å². The first-order chi connectivity index (χ1) is 9.63. The molecule has 0 spiro atoms. The highest BCUT2D eigenvalue weighted by Gasteiger charge is 2.12. The Labute approximate surface area is 122 Å². The van der Waals surface area contributed by atoms with E-state index in [4.69, 9.17) is 16.3 Å². The van der Waals surface area contributed by atoms with Gasteiger partial charge in [0.15, 0.2) is 17.4 Å². The first-order valence-electron chi connectivity index (χ1n) is 6.38. The highest BCUT2D eigenvalue weighted by atomic mass is 35.5. The highest BCUT2D eigenvalue weighted by molar-refractivity contribution is 6.17. The van der Waals surface area contributed by atoms with Gasteiger partial charge in [0.1, 0.15) is 6.61 Å². The Morgan fingerprint density at radius 3 is 2.00 bits per heavy atom. The summed E-state index contributed by atoms with van der Waals surface area (Å²) < 4.78 is 32.6. The fourth-order valence-electron chi connectivity index (χ4n) is 1.85. The van der Waals surface area contributed by atoms with Crippen LogP contribution in [0.5, 0.6) is 5.75 Å². The third kappa shape index (κ3) is 3.48. The van der Waals surface area contributed by atoms with Crippen molar-refractivity contribution >= 4 is 11.6 Å². The molecule has 0 aromatic heterocycles. The van der Waals surface area contributed by atoms with Crippen molar-refractivity contribution in [3.05, 3.63) is 64.7 Å². The van der Waals surface area contributed by atoms with E-state index in [2.05, 4.69) is 6.92 Å². The molecule has 20 heavy (non-hydrogen) atoms. The molecule has 0 saturated carbocycles. The summed E-state index contributed by atoms with van der Waals surface area (Å²) in [5.74, 6) is -1.76. The van der Waals surface area contributed by atoms with Gasteiger partial charge < -0.3 is 4.74 Å². The molecule has 0 unspecified atom stereocenters. The van der Waals surface area contributed by atoms with Crippen molar-refractivity contribution in [3.8, 4) is 5.75 Å². The third-order valence-electron chi connectivity index (χ3n) is 3.03. The molecule has 0 heterocycles. The lowest BCUT2D eigenvalue weighted by Gasteiger charge is -2.10. The van der Waals surface area contributed by atoms with Crippen LogP contribution >= 0.6 is 11.6 Å². The molecule has 0 radical (unpaired) electrons. The second-order valence-corrected chi connectivity index (χ2v) is 4.75. The third-order valence-corrected chi connectivity index (χ3v) is 3.34. The van der Waals surface area contributed by atoms with E-state index in [1.165, 1.54) is 17.7 Å². The number of aryl methyl sites for hydroxylation is 1. The van der Waals surface area contributed by atoms with E-state index < -0.39 is 11.6 Å². The Morgan fingerprint density at radius 1 is 0.950 bits per heavy atom. The van der Waals surface area contributed by atoms with Gasteiger partial charge in [0, 0.05) is 5.88 Å². The predicted octanol–water partition coefficient (Wildman–Crippen LogP) is 4.85. The summed E-state index contributed by atoms with van der Waals surface area (Å²) in [5, 5.41) is 0. The maximum absolute atomic E-state index is 13.7. The summed E-state index contributed by atoms with van der Waals surface area (Å²) in [6.07, 6.45) is 0.949. The van der Waals surface area contributed by atoms with Gasteiger partial charge >= 0.3 is 0 Å². The number of rotatable bonds is 5. The SMILES string of the molecule is CCc1ccc(COc2c(F)cc(CCl)cc2F)cc1. The Bertz CT molecular complexity index is 559. The Kier molecular flexibility index (Phi) is 4.96. The molecule has 4 heteroatoms. The molecule has 0 atom stereocenters. The van der Waals surface area contributed by atoms with Gasteiger partial charge in [-0.3, -0.25) is 0 Å². The zero-order valence-electron chi connectivity index (χ0n) is 11.1. The molecule has 2 aromatic rings. The van der Waals surface area contributed by atoms with Crippen LogP contribution in [0.3, 0.4) is 0 Å². The monoisotopic (exact) mass is 296 g/mol. The number of alkyl halides is 1. The maximum Gasteiger partial charge on any atom is 0.191 e. The molecule has 1 nitrogen and oxygen atoms in total. The van der Waals surface area contributed by atoms with Crippen molar-refractivity contribution in [3.63, 3.8) is 0 Å². The normalized spacial score (nSPS) is 10.6. The zero-order valence-corrected chi connectivity index (χ0v) is 11.9. The van der Waals surface area contributed by atoms with Gasteiger partial charge in [-0.05, 0) is 35.2 Å². The van der Waals surface area contributed by atoms with Crippen LogP contribution in [0, 0.1) is 11.6 Å². The van der Waals surface area contributed by atoms with E-state index >= 15 is 0 Å². The van der Waals surface area contributed by atoms with Crippen molar-refractivity contribution in [2.75, 3.05) is 0 Å². The standard InChI is InChI=1S/C16H15ClF2O/c1-2-11-3-5-12(6-4-11)10-20-16-14(18)7-13(9-17)8-15(16)19/h3-8H,2,9-10H2,1H3. The zero-order chi connectivity index (χ0) is 14.5. The summed E-state index contributed by atoms with van der Waals surface area (Å²) in [6.45, 7) is 2.19. The van der Waals surface area contributed by atoms with E-state index in [1.807, 2.05) is 24.3 Å². The lowest BCUT2D eigenvalue weighted by Crippen LogP contribution is -2.01. The van der Waals surface area contributed by atoms with Crippen LogP contribution in [0.15, 0.2) is 36.4 Å². The molecule has 2 rings (SSSR count). The number of halogens is 3. The molecular formula is C16H15ClF2O. The largest absolute Gasteiger partial charge is 0.483 e. The average molecular weight is 297 g/mol. The van der Waals surface area contributed by atoms with Crippen LogP contribution in [0.4, 0.5) is 8.78 Å². The van der Waals surface area contributed by atoms with E-state index in [1.54, 1.807) is 0 Å². The molecule has 0 aliphatic carbocycles. The molecule has 0 saturated heterocycles. The second-order valence-electron chi connectivity index (χ2n) is 4.48. The Morgan fingerprint density at radius 2 is 1.50 bits per heavy atom. The minimum atomic E-state index is -0.731. The quantitative estimate of drug-likeness (QED) is 0.717. The van der Waals surface area contributed by atoms with Crippen molar-refractivity contribution < 1.29 is 13.5 Å². The summed E-state index contributed by atoms with van der Waals surface area (Å²) in [5.41, 5.74) is 2.46. The molecular weight excluding hydrogens is 282 g/mol. The van der Waals surface area contributed by atoms with Crippen molar-refractivity contribution in [2.45, 2.75) is 25.8 Å². The molecule has 2 aromatic carbocycles. The first kappa shape index (κ1) is 14.8. The molecule has 0 aliphatic heterocycles. The van der Waals surface area contributed by atoms with Gasteiger partial charge in [0.25, 0.3) is 0 Å². The minimum absolute atomic E-state index is 0.0621. The van der Waals surface area contributed by atoms with E-state index in [0.717, 1.165) is 12.0 Å². The van der Waals surface area contributed by atoms with Gasteiger partial charge in [0.05, 0.1) is 0 Å². The summed E-state index contributed by atoms with van der Waals surface area (Å²) in [4.78, 5) is 0. The van der Waals surface area contributed by atoms with Crippen LogP contribution in [0.1, 0.15) is 23.6 Å². The molecule has 0 fully saturated rings. The van der Waals surface area contributed by atoms with E-state index in [0.29, 0.717) is 5.56 Å². The fourth-order valence-corrected chi connectivity index (χ4v) is 2.01. The van der Waals surface area contributed by atoms with Gasteiger partial charge in [-0.25, -0.2) is 8.78 Å². The lowest BCUT2D eigenvalue weighted by molar-refractivity contribution is 0.274. The molecule has 0 N–H and O–H groups in total. The second kappa shape index (κ2) is 6.71. The molecule has 0 bridgehead atoms. The molecule has 106 valence electrons. The number of ether oxygens (including phenoxy) is 1.